The molecule has 0 bridgehead atoms. The highest BCUT2D eigenvalue weighted by atomic mass is 16.6. The fourth-order valence-electron chi connectivity index (χ4n) is 3.04. The van der Waals surface area contributed by atoms with Crippen LogP contribution in [0, 0.1) is 5.41 Å². The van der Waals surface area contributed by atoms with Crippen LogP contribution in [-0.4, -0.2) is 78.3 Å². The van der Waals surface area contributed by atoms with Gasteiger partial charge in [-0.25, -0.2) is 0 Å². The second-order valence-electron chi connectivity index (χ2n) is 8.47. The lowest BCUT2D eigenvalue weighted by atomic mass is 9.94. The lowest BCUT2D eigenvalue weighted by molar-refractivity contribution is -0.0553. The average Bonchev–Trinajstić information content (AvgIpc) is 2.76. The summed E-state index contributed by atoms with van der Waals surface area (Å²) in [6.45, 7) is 9.39. The van der Waals surface area contributed by atoms with Gasteiger partial charge in [0.1, 0.15) is 0 Å². The minimum absolute atomic E-state index is 0.0548. The number of hydrogen-bond acceptors (Lipinski definition) is 6. The van der Waals surface area contributed by atoms with Gasteiger partial charge in [0.2, 0.25) is 0 Å². The third kappa shape index (κ3) is 21.0. The molecule has 1 unspecified atom stereocenters. The zero-order valence-electron chi connectivity index (χ0n) is 20.1. The van der Waals surface area contributed by atoms with Gasteiger partial charge < -0.3 is 28.8 Å². The van der Waals surface area contributed by atoms with Gasteiger partial charge in [-0.05, 0) is 6.42 Å². The Balaban J connectivity index is 3.45. The second kappa shape index (κ2) is 23.4. The van der Waals surface area contributed by atoms with Gasteiger partial charge in [-0.15, -0.1) is 0 Å². The van der Waals surface area contributed by atoms with Gasteiger partial charge in [-0.1, -0.05) is 71.6 Å². The molecule has 0 aromatic carbocycles. The molecular formula is C24H50O6. The molecule has 1 N–H and O–H groups in total. The van der Waals surface area contributed by atoms with E-state index in [9.17, 15) is 5.11 Å². The molecule has 0 aliphatic rings. The van der Waals surface area contributed by atoms with E-state index in [1.54, 1.807) is 7.11 Å². The Morgan fingerprint density at radius 2 is 1.00 bits per heavy atom. The number of ether oxygens (including phenoxy) is 5. The monoisotopic (exact) mass is 434 g/mol. The van der Waals surface area contributed by atoms with Crippen LogP contribution in [-0.2, 0) is 23.7 Å². The molecule has 1 atom stereocenters. The van der Waals surface area contributed by atoms with E-state index >= 15 is 0 Å². The molecule has 182 valence electrons. The Labute approximate surface area is 185 Å². The summed E-state index contributed by atoms with van der Waals surface area (Å²) in [5.74, 6) is 0. The van der Waals surface area contributed by atoms with Crippen LogP contribution < -0.4 is 0 Å². The molecular weight excluding hydrogens is 384 g/mol. The van der Waals surface area contributed by atoms with Crippen LogP contribution in [0.5, 0.6) is 0 Å². The van der Waals surface area contributed by atoms with E-state index in [1.807, 2.05) is 6.92 Å². The van der Waals surface area contributed by atoms with Crippen molar-refractivity contribution in [3.63, 3.8) is 0 Å². The first-order valence-electron chi connectivity index (χ1n) is 12.1. The number of unbranched alkanes of at least 4 members (excludes halogenated alkanes) is 9. The largest absolute Gasteiger partial charge is 0.396 e. The Hall–Kier alpha value is -0.240. The number of methoxy groups -OCH3 is 1. The molecule has 0 aliphatic heterocycles. The molecule has 6 heteroatoms. The Bertz CT molecular complexity index is 329. The molecule has 30 heavy (non-hydrogen) atoms. The first-order valence-corrected chi connectivity index (χ1v) is 12.1. The molecule has 0 rings (SSSR count). The summed E-state index contributed by atoms with van der Waals surface area (Å²) in [5, 5.41) is 9.69. The van der Waals surface area contributed by atoms with Gasteiger partial charge in [0, 0.05) is 19.1 Å². The predicted molar refractivity (Wildman–Crippen MR) is 122 cm³/mol. The van der Waals surface area contributed by atoms with E-state index < -0.39 is 0 Å². The van der Waals surface area contributed by atoms with Crippen LogP contribution in [0.2, 0.25) is 0 Å². The fourth-order valence-corrected chi connectivity index (χ4v) is 3.04. The molecule has 0 radical (unpaired) electrons. The van der Waals surface area contributed by atoms with Crippen molar-refractivity contribution in [1.82, 2.24) is 0 Å². The first-order chi connectivity index (χ1) is 14.7. The van der Waals surface area contributed by atoms with Crippen LogP contribution in [0.4, 0.5) is 0 Å². The third-order valence-electron chi connectivity index (χ3n) is 5.10. The zero-order chi connectivity index (χ0) is 22.2. The van der Waals surface area contributed by atoms with E-state index in [-0.39, 0.29) is 12.0 Å². The lowest BCUT2D eigenvalue weighted by Gasteiger charge is -2.26. The quantitative estimate of drug-likeness (QED) is 0.212. The van der Waals surface area contributed by atoms with Crippen molar-refractivity contribution in [2.75, 3.05) is 73.2 Å². The van der Waals surface area contributed by atoms with Crippen LogP contribution in [0.25, 0.3) is 0 Å². The average molecular weight is 435 g/mol. The van der Waals surface area contributed by atoms with E-state index in [4.69, 9.17) is 23.7 Å². The summed E-state index contributed by atoms with van der Waals surface area (Å²) in [6, 6.07) is 0. The van der Waals surface area contributed by atoms with Gasteiger partial charge >= 0.3 is 0 Å². The molecule has 0 saturated carbocycles. The summed E-state index contributed by atoms with van der Waals surface area (Å²) in [5.41, 5.74) is -0.359. The third-order valence-corrected chi connectivity index (χ3v) is 5.10. The highest BCUT2D eigenvalue weighted by Gasteiger charge is 2.24. The van der Waals surface area contributed by atoms with Crippen molar-refractivity contribution >= 4 is 0 Å². The van der Waals surface area contributed by atoms with Crippen molar-refractivity contribution in [2.45, 2.75) is 78.1 Å². The topological polar surface area (TPSA) is 66.4 Å². The van der Waals surface area contributed by atoms with Gasteiger partial charge in [0.15, 0.2) is 0 Å². The van der Waals surface area contributed by atoms with E-state index in [0.29, 0.717) is 52.9 Å². The molecule has 0 spiro atoms. The summed E-state index contributed by atoms with van der Waals surface area (Å²) < 4.78 is 27.2. The lowest BCUT2D eigenvalue weighted by Crippen LogP contribution is -2.33. The molecule has 0 heterocycles. The van der Waals surface area contributed by atoms with E-state index in [0.717, 1.165) is 13.0 Å². The highest BCUT2D eigenvalue weighted by Crippen LogP contribution is 2.17. The van der Waals surface area contributed by atoms with Crippen LogP contribution in [0.1, 0.15) is 78.1 Å². The van der Waals surface area contributed by atoms with Crippen molar-refractivity contribution in [3.05, 3.63) is 0 Å². The number of aliphatic hydroxyl groups excluding tert-OH is 1. The van der Waals surface area contributed by atoms with Crippen molar-refractivity contribution in [3.8, 4) is 0 Å². The zero-order valence-corrected chi connectivity index (χ0v) is 20.1. The van der Waals surface area contributed by atoms with Gasteiger partial charge in [0.05, 0.1) is 59.5 Å². The maximum Gasteiger partial charge on any atom is 0.0701 e. The molecule has 0 aromatic rings. The maximum atomic E-state index is 9.69. The molecule has 0 saturated heterocycles. The highest BCUT2D eigenvalue weighted by molar-refractivity contribution is 4.72. The van der Waals surface area contributed by atoms with E-state index in [2.05, 4.69) is 6.92 Å². The van der Waals surface area contributed by atoms with Crippen LogP contribution in [0.15, 0.2) is 0 Å². The molecule has 0 aromatic heterocycles. The minimum atomic E-state index is -0.359. The summed E-state index contributed by atoms with van der Waals surface area (Å²) in [7, 11) is 1.65. The smallest absolute Gasteiger partial charge is 0.0701 e. The Morgan fingerprint density at radius 3 is 1.50 bits per heavy atom. The number of rotatable bonds is 25. The first kappa shape index (κ1) is 29.8. The van der Waals surface area contributed by atoms with Gasteiger partial charge in [-0.2, -0.15) is 0 Å². The van der Waals surface area contributed by atoms with Crippen LogP contribution >= 0.6 is 0 Å². The Morgan fingerprint density at radius 1 is 0.567 bits per heavy atom. The molecule has 6 nitrogen and oxygen atoms in total. The normalized spacial score (nSPS) is 13.6. The summed E-state index contributed by atoms with van der Waals surface area (Å²) in [4.78, 5) is 0. The molecule has 0 aliphatic carbocycles. The SMILES string of the molecule is CCCCCCCCCCCCOCC(C)(CO)COCCOCCOCCOC. The van der Waals surface area contributed by atoms with Gasteiger partial charge in [-0.3, -0.25) is 0 Å². The fraction of sp³-hybridized carbons (Fsp3) is 1.00. The standard InChI is InChI=1S/C24H50O6/c1-4-5-6-7-8-9-10-11-12-13-14-29-22-24(2,21-25)23-30-20-19-28-18-17-27-16-15-26-3/h25H,4-23H2,1-3H3. The number of aliphatic hydroxyl groups is 1. The maximum absolute atomic E-state index is 9.69. The van der Waals surface area contributed by atoms with Crippen molar-refractivity contribution in [2.24, 2.45) is 5.41 Å². The van der Waals surface area contributed by atoms with Gasteiger partial charge in [0.25, 0.3) is 0 Å². The number of hydrogen-bond donors (Lipinski definition) is 1. The van der Waals surface area contributed by atoms with Crippen LogP contribution in [0.3, 0.4) is 0 Å². The Kier molecular flexibility index (Phi) is 23.2. The second-order valence-corrected chi connectivity index (χ2v) is 8.47. The predicted octanol–water partition coefficient (Wildman–Crippen LogP) is 4.62. The summed E-state index contributed by atoms with van der Waals surface area (Å²) in [6.07, 6.45) is 13.2. The van der Waals surface area contributed by atoms with E-state index in [1.165, 1.54) is 57.8 Å². The van der Waals surface area contributed by atoms with Crippen molar-refractivity contribution < 1.29 is 28.8 Å². The van der Waals surface area contributed by atoms with Crippen molar-refractivity contribution in [1.29, 1.82) is 0 Å². The summed E-state index contributed by atoms with van der Waals surface area (Å²) >= 11 is 0. The minimum Gasteiger partial charge on any atom is -0.396 e. The molecule has 0 fully saturated rings. The molecule has 0 amide bonds.